The van der Waals surface area contributed by atoms with Gasteiger partial charge in [0.25, 0.3) is 5.91 Å². The molecular weight excluding hydrogens is 292 g/mol. The van der Waals surface area contributed by atoms with Crippen LogP contribution in [-0.2, 0) is 4.79 Å². The molecule has 0 aromatic heterocycles. The molecule has 1 N–H and O–H groups in total. The Bertz CT molecular complexity index is 580. The van der Waals surface area contributed by atoms with Crippen LogP contribution in [0.1, 0.15) is 42.5 Å². The Kier molecular flexibility index (Phi) is 4.66. The second-order valence-electron chi connectivity index (χ2n) is 6.64. The van der Waals surface area contributed by atoms with Gasteiger partial charge in [0, 0.05) is 37.8 Å². The summed E-state index contributed by atoms with van der Waals surface area (Å²) >= 11 is 0. The van der Waals surface area contributed by atoms with Crippen molar-refractivity contribution in [2.45, 2.75) is 38.2 Å². The summed E-state index contributed by atoms with van der Waals surface area (Å²) < 4.78 is 0. The van der Waals surface area contributed by atoms with Crippen molar-refractivity contribution < 1.29 is 14.7 Å². The summed E-state index contributed by atoms with van der Waals surface area (Å²) in [4.78, 5) is 27.7. The van der Waals surface area contributed by atoms with E-state index in [1.165, 1.54) is 0 Å². The maximum atomic E-state index is 12.4. The van der Waals surface area contributed by atoms with Gasteiger partial charge in [0.1, 0.15) is 0 Å². The molecule has 0 radical (unpaired) electrons. The van der Waals surface area contributed by atoms with Crippen LogP contribution < -0.4 is 4.90 Å². The summed E-state index contributed by atoms with van der Waals surface area (Å²) in [7, 11) is 1.72. The van der Waals surface area contributed by atoms with Crippen LogP contribution in [0.2, 0.25) is 0 Å². The first-order valence-electron chi connectivity index (χ1n) is 8.40. The second kappa shape index (κ2) is 6.71. The van der Waals surface area contributed by atoms with Crippen molar-refractivity contribution in [1.29, 1.82) is 0 Å². The molecule has 5 heteroatoms. The number of amides is 2. The van der Waals surface area contributed by atoms with Gasteiger partial charge < -0.3 is 14.9 Å². The van der Waals surface area contributed by atoms with Crippen LogP contribution in [-0.4, -0.2) is 48.1 Å². The maximum Gasteiger partial charge on any atom is 0.253 e. The van der Waals surface area contributed by atoms with Crippen molar-refractivity contribution in [3.8, 4) is 0 Å². The van der Waals surface area contributed by atoms with Gasteiger partial charge in [0.15, 0.2) is 0 Å². The zero-order valence-electron chi connectivity index (χ0n) is 13.6. The zero-order valence-corrected chi connectivity index (χ0v) is 13.6. The number of hydrogen-bond donors (Lipinski definition) is 1. The van der Waals surface area contributed by atoms with Gasteiger partial charge in [-0.1, -0.05) is 0 Å². The van der Waals surface area contributed by atoms with Crippen LogP contribution in [0.5, 0.6) is 0 Å². The molecule has 1 heterocycles. The van der Waals surface area contributed by atoms with Crippen LogP contribution in [0.3, 0.4) is 0 Å². The Hall–Kier alpha value is -1.88. The highest BCUT2D eigenvalue weighted by Crippen LogP contribution is 2.32. The number of rotatable bonds is 5. The average Bonchev–Trinajstić information content (AvgIpc) is 3.40. The SMILES string of the molecule is CN(CC(O)C1CC1)C(=O)c1ccc(N2CCCCC2=O)cc1. The molecule has 1 aliphatic carbocycles. The molecule has 0 bridgehead atoms. The van der Waals surface area contributed by atoms with Crippen molar-refractivity contribution in [3.05, 3.63) is 29.8 Å². The number of hydrogen-bond acceptors (Lipinski definition) is 3. The predicted octanol–water partition coefficient (Wildman–Crippen LogP) is 2.05. The lowest BCUT2D eigenvalue weighted by molar-refractivity contribution is -0.119. The highest BCUT2D eigenvalue weighted by atomic mass is 16.3. The third-order valence-electron chi connectivity index (χ3n) is 4.72. The molecule has 1 atom stereocenters. The minimum absolute atomic E-state index is 0.0961. The molecule has 0 spiro atoms. The summed E-state index contributed by atoms with van der Waals surface area (Å²) in [6.45, 7) is 1.12. The fourth-order valence-electron chi connectivity index (χ4n) is 3.08. The van der Waals surface area contributed by atoms with E-state index >= 15 is 0 Å². The highest BCUT2D eigenvalue weighted by Gasteiger charge is 2.31. The fraction of sp³-hybridized carbons (Fsp3) is 0.556. The largest absolute Gasteiger partial charge is 0.391 e. The number of anilines is 1. The molecule has 124 valence electrons. The van der Waals surface area contributed by atoms with Gasteiger partial charge in [0.2, 0.25) is 5.91 Å². The quantitative estimate of drug-likeness (QED) is 0.904. The number of carbonyl (C=O) groups excluding carboxylic acids is 2. The summed E-state index contributed by atoms with van der Waals surface area (Å²) in [6, 6.07) is 7.20. The van der Waals surface area contributed by atoms with Gasteiger partial charge >= 0.3 is 0 Å². The van der Waals surface area contributed by atoms with Crippen LogP contribution in [0.15, 0.2) is 24.3 Å². The van der Waals surface area contributed by atoms with Gasteiger partial charge in [-0.2, -0.15) is 0 Å². The molecule has 2 fully saturated rings. The molecule has 1 aromatic rings. The van der Waals surface area contributed by atoms with Crippen LogP contribution in [0, 0.1) is 5.92 Å². The molecule has 1 unspecified atom stereocenters. The van der Waals surface area contributed by atoms with Crippen molar-refractivity contribution in [2.75, 3.05) is 25.0 Å². The van der Waals surface area contributed by atoms with E-state index in [0.29, 0.717) is 24.4 Å². The Balaban J connectivity index is 1.63. The van der Waals surface area contributed by atoms with Gasteiger partial charge in [0.05, 0.1) is 6.10 Å². The maximum absolute atomic E-state index is 12.4. The van der Waals surface area contributed by atoms with Crippen LogP contribution >= 0.6 is 0 Å². The van der Waals surface area contributed by atoms with E-state index < -0.39 is 6.10 Å². The van der Waals surface area contributed by atoms with E-state index in [1.54, 1.807) is 29.0 Å². The second-order valence-corrected chi connectivity index (χ2v) is 6.64. The Morgan fingerprint density at radius 1 is 1.30 bits per heavy atom. The molecule has 1 saturated heterocycles. The minimum atomic E-state index is -0.422. The fourth-order valence-corrected chi connectivity index (χ4v) is 3.08. The first-order valence-corrected chi connectivity index (χ1v) is 8.40. The number of benzene rings is 1. The summed E-state index contributed by atoms with van der Waals surface area (Å²) in [5, 5.41) is 9.96. The number of likely N-dealkylation sites (N-methyl/N-ethyl adjacent to an activating group) is 1. The standard InChI is InChI=1S/C18H24N2O3/c1-19(12-16(21)13-5-6-13)18(23)14-7-9-15(10-8-14)20-11-3-2-4-17(20)22/h7-10,13,16,21H,2-6,11-12H2,1H3. The number of nitrogens with zero attached hydrogens (tertiary/aromatic N) is 2. The smallest absolute Gasteiger partial charge is 0.253 e. The molecule has 2 aliphatic rings. The molecule has 1 aliphatic heterocycles. The van der Waals surface area contributed by atoms with Crippen molar-refractivity contribution >= 4 is 17.5 Å². The highest BCUT2D eigenvalue weighted by molar-refractivity contribution is 5.96. The molecule has 3 rings (SSSR count). The van der Waals surface area contributed by atoms with Gasteiger partial charge in [-0.25, -0.2) is 0 Å². The summed E-state index contributed by atoms with van der Waals surface area (Å²) in [6.07, 6.45) is 4.27. The molecule has 2 amide bonds. The average molecular weight is 316 g/mol. The molecule has 23 heavy (non-hydrogen) atoms. The van der Waals surface area contributed by atoms with E-state index in [4.69, 9.17) is 0 Å². The summed E-state index contributed by atoms with van der Waals surface area (Å²) in [5.74, 6) is 0.416. The minimum Gasteiger partial charge on any atom is -0.391 e. The monoisotopic (exact) mass is 316 g/mol. The normalized spacial score (nSPS) is 19.6. The van der Waals surface area contributed by atoms with Gasteiger partial charge in [-0.05, 0) is 55.9 Å². The Labute approximate surface area is 136 Å². The van der Waals surface area contributed by atoms with Crippen molar-refractivity contribution in [3.63, 3.8) is 0 Å². The third-order valence-corrected chi connectivity index (χ3v) is 4.72. The summed E-state index contributed by atoms with van der Waals surface area (Å²) in [5.41, 5.74) is 1.44. The van der Waals surface area contributed by atoms with E-state index in [0.717, 1.165) is 37.9 Å². The van der Waals surface area contributed by atoms with E-state index in [1.807, 2.05) is 12.1 Å². The lowest BCUT2D eigenvalue weighted by Crippen LogP contribution is -2.36. The number of carbonyl (C=O) groups is 2. The first kappa shape index (κ1) is 16.0. The molecule has 1 aromatic carbocycles. The lowest BCUT2D eigenvalue weighted by Gasteiger charge is -2.27. The van der Waals surface area contributed by atoms with E-state index in [9.17, 15) is 14.7 Å². The van der Waals surface area contributed by atoms with Crippen molar-refractivity contribution in [1.82, 2.24) is 4.90 Å². The molecule has 1 saturated carbocycles. The van der Waals surface area contributed by atoms with Gasteiger partial charge in [-0.15, -0.1) is 0 Å². The number of aliphatic hydroxyl groups is 1. The first-order chi connectivity index (χ1) is 11.1. The van der Waals surface area contributed by atoms with Crippen LogP contribution in [0.25, 0.3) is 0 Å². The van der Waals surface area contributed by atoms with Gasteiger partial charge in [-0.3, -0.25) is 9.59 Å². The van der Waals surface area contributed by atoms with Crippen LogP contribution in [0.4, 0.5) is 5.69 Å². The topological polar surface area (TPSA) is 60.9 Å². The lowest BCUT2D eigenvalue weighted by atomic mass is 10.1. The van der Waals surface area contributed by atoms with E-state index in [2.05, 4.69) is 0 Å². The number of aliphatic hydroxyl groups excluding tert-OH is 1. The number of piperidine rings is 1. The van der Waals surface area contributed by atoms with Crippen molar-refractivity contribution in [2.24, 2.45) is 5.92 Å². The molecule has 5 nitrogen and oxygen atoms in total. The predicted molar refractivity (Wildman–Crippen MR) is 88.3 cm³/mol. The Morgan fingerprint density at radius 2 is 2.00 bits per heavy atom. The molecular formula is C18H24N2O3. The van der Waals surface area contributed by atoms with E-state index in [-0.39, 0.29) is 11.8 Å². The zero-order chi connectivity index (χ0) is 16.4. The Morgan fingerprint density at radius 3 is 2.61 bits per heavy atom. The third kappa shape index (κ3) is 3.72.